The number of carbonyl (C=O) groups is 1. The molecule has 1 saturated heterocycles. The molecule has 7 nitrogen and oxygen atoms in total. The van der Waals surface area contributed by atoms with E-state index in [-0.39, 0.29) is 0 Å². The predicted octanol–water partition coefficient (Wildman–Crippen LogP) is 3.64. The molecule has 1 aliphatic rings. The molecular weight excluding hydrogens is 406 g/mol. The van der Waals surface area contributed by atoms with Crippen LogP contribution in [0.3, 0.4) is 0 Å². The van der Waals surface area contributed by atoms with Crippen LogP contribution in [0.25, 0.3) is 0 Å². The summed E-state index contributed by atoms with van der Waals surface area (Å²) >= 11 is 0. The molecule has 2 heterocycles. The number of ether oxygens (including phenoxy) is 3. The van der Waals surface area contributed by atoms with Crippen LogP contribution in [-0.4, -0.2) is 56.3 Å². The van der Waals surface area contributed by atoms with Crippen molar-refractivity contribution in [1.82, 2.24) is 9.88 Å². The first-order valence-corrected chi connectivity index (χ1v) is 10.6. The number of anilines is 1. The molecule has 0 spiro atoms. The Bertz CT molecular complexity index is 1050. The summed E-state index contributed by atoms with van der Waals surface area (Å²) < 4.78 is 16.3. The lowest BCUT2D eigenvalue weighted by molar-refractivity contribution is 0.0731. The average molecular weight is 434 g/mol. The molecule has 3 aromatic rings. The van der Waals surface area contributed by atoms with Crippen molar-refractivity contribution in [3.05, 3.63) is 78.0 Å². The second-order valence-electron chi connectivity index (χ2n) is 7.52. The smallest absolute Gasteiger partial charge is 0.343 e. The SMILES string of the molecule is COc1ccc(C(=O)Oc2ccccc2CN2CCN(c3ccccn3)CC2)cc1OC. The number of aromatic nitrogens is 1. The maximum absolute atomic E-state index is 12.8. The van der Waals surface area contributed by atoms with E-state index in [4.69, 9.17) is 14.2 Å². The molecule has 2 aromatic carbocycles. The van der Waals surface area contributed by atoms with Crippen LogP contribution in [-0.2, 0) is 6.54 Å². The van der Waals surface area contributed by atoms with Gasteiger partial charge in [0.15, 0.2) is 11.5 Å². The number of para-hydroxylation sites is 1. The Kier molecular flexibility index (Phi) is 6.87. The van der Waals surface area contributed by atoms with E-state index in [2.05, 4.69) is 14.8 Å². The summed E-state index contributed by atoms with van der Waals surface area (Å²) in [4.78, 5) is 21.9. The summed E-state index contributed by atoms with van der Waals surface area (Å²) in [5.41, 5.74) is 1.38. The molecule has 7 heteroatoms. The van der Waals surface area contributed by atoms with E-state index in [1.165, 1.54) is 7.11 Å². The molecule has 4 rings (SSSR count). The number of nitrogens with zero attached hydrogens (tertiary/aromatic N) is 3. The highest BCUT2D eigenvalue weighted by molar-refractivity contribution is 5.92. The summed E-state index contributed by atoms with van der Waals surface area (Å²) in [6.07, 6.45) is 1.82. The van der Waals surface area contributed by atoms with Gasteiger partial charge in [0.2, 0.25) is 0 Å². The third-order valence-electron chi connectivity index (χ3n) is 5.53. The van der Waals surface area contributed by atoms with Gasteiger partial charge in [-0.3, -0.25) is 4.90 Å². The van der Waals surface area contributed by atoms with Gasteiger partial charge in [0, 0.05) is 44.5 Å². The number of hydrogen-bond donors (Lipinski definition) is 0. The van der Waals surface area contributed by atoms with Crippen LogP contribution in [0, 0.1) is 0 Å². The fourth-order valence-corrected chi connectivity index (χ4v) is 3.77. The molecule has 0 atom stereocenters. The molecule has 0 unspecified atom stereocenters. The lowest BCUT2D eigenvalue weighted by Gasteiger charge is -2.35. The van der Waals surface area contributed by atoms with Gasteiger partial charge in [-0.25, -0.2) is 9.78 Å². The first-order chi connectivity index (χ1) is 15.7. The zero-order chi connectivity index (χ0) is 22.3. The fraction of sp³-hybridized carbons (Fsp3) is 0.280. The molecular formula is C25H27N3O4. The summed E-state index contributed by atoms with van der Waals surface area (Å²) in [5.74, 6) is 2.20. The van der Waals surface area contributed by atoms with Gasteiger partial charge in [-0.15, -0.1) is 0 Å². The van der Waals surface area contributed by atoms with E-state index in [1.807, 2.05) is 48.7 Å². The number of rotatable bonds is 7. The average Bonchev–Trinajstić information content (AvgIpc) is 2.85. The van der Waals surface area contributed by atoms with Gasteiger partial charge < -0.3 is 19.1 Å². The van der Waals surface area contributed by atoms with Gasteiger partial charge in [-0.1, -0.05) is 24.3 Å². The van der Waals surface area contributed by atoms with Gasteiger partial charge in [0.25, 0.3) is 0 Å². The topological polar surface area (TPSA) is 64.1 Å². The Hall–Kier alpha value is -3.58. The Morgan fingerprint density at radius 3 is 2.34 bits per heavy atom. The Morgan fingerprint density at radius 1 is 0.875 bits per heavy atom. The van der Waals surface area contributed by atoms with Crippen molar-refractivity contribution >= 4 is 11.8 Å². The van der Waals surface area contributed by atoms with Gasteiger partial charge in [-0.2, -0.15) is 0 Å². The Morgan fingerprint density at radius 2 is 1.62 bits per heavy atom. The molecule has 1 aromatic heterocycles. The summed E-state index contributed by atoms with van der Waals surface area (Å²) in [5, 5.41) is 0. The Balaban J connectivity index is 1.41. The van der Waals surface area contributed by atoms with Gasteiger partial charge in [0.05, 0.1) is 19.8 Å². The van der Waals surface area contributed by atoms with Crippen LogP contribution in [0.1, 0.15) is 15.9 Å². The number of piperazine rings is 1. The highest BCUT2D eigenvalue weighted by Gasteiger charge is 2.20. The van der Waals surface area contributed by atoms with Crippen molar-refractivity contribution in [2.24, 2.45) is 0 Å². The van der Waals surface area contributed by atoms with Gasteiger partial charge >= 0.3 is 5.97 Å². The monoisotopic (exact) mass is 433 g/mol. The molecule has 0 N–H and O–H groups in total. The van der Waals surface area contributed by atoms with Gasteiger partial charge in [0.1, 0.15) is 11.6 Å². The summed E-state index contributed by atoms with van der Waals surface area (Å²) in [6.45, 7) is 4.35. The Labute approximate surface area is 188 Å². The normalized spacial score (nSPS) is 14.1. The predicted molar refractivity (Wildman–Crippen MR) is 123 cm³/mol. The molecule has 0 aliphatic carbocycles. The number of carbonyl (C=O) groups excluding carboxylic acids is 1. The number of pyridine rings is 1. The summed E-state index contributed by atoms with van der Waals surface area (Å²) in [7, 11) is 3.10. The summed E-state index contributed by atoms with van der Waals surface area (Å²) in [6, 6.07) is 18.6. The molecule has 32 heavy (non-hydrogen) atoms. The zero-order valence-electron chi connectivity index (χ0n) is 18.4. The van der Waals surface area contributed by atoms with Crippen LogP contribution >= 0.6 is 0 Å². The first-order valence-electron chi connectivity index (χ1n) is 10.6. The van der Waals surface area contributed by atoms with Crippen LogP contribution in [0.15, 0.2) is 66.9 Å². The van der Waals surface area contributed by atoms with E-state index in [1.54, 1.807) is 25.3 Å². The number of esters is 1. The van der Waals surface area contributed by atoms with Crippen molar-refractivity contribution in [1.29, 1.82) is 0 Å². The molecule has 0 amide bonds. The highest BCUT2D eigenvalue weighted by atomic mass is 16.5. The molecule has 1 aliphatic heterocycles. The molecule has 0 radical (unpaired) electrons. The lowest BCUT2D eigenvalue weighted by Crippen LogP contribution is -2.46. The van der Waals surface area contributed by atoms with Crippen LogP contribution in [0.2, 0.25) is 0 Å². The van der Waals surface area contributed by atoms with Gasteiger partial charge in [-0.05, 0) is 36.4 Å². The zero-order valence-corrected chi connectivity index (χ0v) is 18.4. The van der Waals surface area contributed by atoms with Crippen molar-refractivity contribution in [3.8, 4) is 17.2 Å². The van der Waals surface area contributed by atoms with E-state index < -0.39 is 5.97 Å². The molecule has 166 valence electrons. The third-order valence-corrected chi connectivity index (χ3v) is 5.53. The highest BCUT2D eigenvalue weighted by Crippen LogP contribution is 2.29. The van der Waals surface area contributed by atoms with E-state index in [0.29, 0.717) is 29.4 Å². The standard InChI is InChI=1S/C25H27N3O4/c1-30-22-11-10-19(17-23(22)31-2)25(29)32-21-8-4-3-7-20(21)18-27-13-15-28(16-14-27)24-9-5-6-12-26-24/h3-12,17H,13-16,18H2,1-2H3. The second-order valence-corrected chi connectivity index (χ2v) is 7.52. The maximum Gasteiger partial charge on any atom is 0.343 e. The molecule has 0 saturated carbocycles. The van der Waals surface area contributed by atoms with Crippen molar-refractivity contribution in [2.75, 3.05) is 45.3 Å². The minimum atomic E-state index is -0.432. The van der Waals surface area contributed by atoms with E-state index in [0.717, 1.165) is 37.6 Å². The number of hydrogen-bond acceptors (Lipinski definition) is 7. The fourth-order valence-electron chi connectivity index (χ4n) is 3.77. The third kappa shape index (κ3) is 5.00. The van der Waals surface area contributed by atoms with Crippen LogP contribution < -0.4 is 19.1 Å². The lowest BCUT2D eigenvalue weighted by atomic mass is 10.1. The van der Waals surface area contributed by atoms with E-state index >= 15 is 0 Å². The quantitative estimate of drug-likeness (QED) is 0.416. The maximum atomic E-state index is 12.8. The minimum absolute atomic E-state index is 0.404. The minimum Gasteiger partial charge on any atom is -0.493 e. The van der Waals surface area contributed by atoms with Crippen molar-refractivity contribution in [2.45, 2.75) is 6.54 Å². The van der Waals surface area contributed by atoms with Crippen LogP contribution in [0.5, 0.6) is 17.2 Å². The van der Waals surface area contributed by atoms with Crippen molar-refractivity contribution < 1.29 is 19.0 Å². The van der Waals surface area contributed by atoms with Crippen LogP contribution in [0.4, 0.5) is 5.82 Å². The van der Waals surface area contributed by atoms with E-state index in [9.17, 15) is 4.79 Å². The molecule has 0 bridgehead atoms. The largest absolute Gasteiger partial charge is 0.493 e. The number of benzene rings is 2. The van der Waals surface area contributed by atoms with Crippen molar-refractivity contribution in [3.63, 3.8) is 0 Å². The first kappa shape index (κ1) is 21.6. The number of methoxy groups -OCH3 is 2. The molecule has 1 fully saturated rings. The second kappa shape index (κ2) is 10.2.